The number of hydrogen-bond donors (Lipinski definition) is 2. The maximum absolute atomic E-state index is 10.2. The van der Waals surface area contributed by atoms with E-state index in [1.54, 1.807) is 0 Å². The van der Waals surface area contributed by atoms with Crippen molar-refractivity contribution in [2.24, 2.45) is 0 Å². The molecule has 2 N–H and O–H groups in total. The molecule has 0 aliphatic rings. The molecule has 1 unspecified atom stereocenters. The summed E-state index contributed by atoms with van der Waals surface area (Å²) in [5.41, 5.74) is -1.26. The molecule has 7 heteroatoms. The Kier molecular flexibility index (Phi) is 8.30. The van der Waals surface area contributed by atoms with E-state index in [9.17, 15) is 8.42 Å². The topological polar surface area (TPSA) is 83.8 Å². The fraction of sp³-hybridized carbons (Fsp3) is 1.00. The van der Waals surface area contributed by atoms with E-state index in [4.69, 9.17) is 9.66 Å². The van der Waals surface area contributed by atoms with Gasteiger partial charge >= 0.3 is 29.6 Å². The first-order valence-electron chi connectivity index (χ1n) is 2.67. The van der Waals surface area contributed by atoms with E-state index in [1.807, 2.05) is 0 Å². The molecule has 0 aliphatic heterocycles. The fourth-order valence-electron chi connectivity index (χ4n) is 0.305. The van der Waals surface area contributed by atoms with E-state index < -0.39 is 15.6 Å². The second-order valence-corrected chi connectivity index (χ2v) is 3.37. The second-order valence-electron chi connectivity index (χ2n) is 1.68. The van der Waals surface area contributed by atoms with Crippen molar-refractivity contribution >= 4 is 39.7 Å². The van der Waals surface area contributed by atoms with Crippen molar-refractivity contribution in [3.8, 4) is 0 Å². The molecule has 1 atom stereocenters. The molecule has 0 bridgehead atoms. The van der Waals surface area contributed by atoms with Gasteiger partial charge in [0.15, 0.2) is 5.44 Å². The third-order valence-electron chi connectivity index (χ3n) is 0.863. The SMILES string of the molecule is CC(OCCO)S(=O)(=O)O.[NaH]. The third kappa shape index (κ3) is 7.20. The molecule has 0 aromatic rings. The van der Waals surface area contributed by atoms with Gasteiger partial charge in [-0.2, -0.15) is 8.42 Å². The van der Waals surface area contributed by atoms with E-state index >= 15 is 0 Å². The van der Waals surface area contributed by atoms with E-state index in [1.165, 1.54) is 6.92 Å². The summed E-state index contributed by atoms with van der Waals surface area (Å²) in [6.45, 7) is 0.825. The minimum absolute atomic E-state index is 0. The summed E-state index contributed by atoms with van der Waals surface area (Å²) in [6, 6.07) is 0. The summed E-state index contributed by atoms with van der Waals surface area (Å²) in [7, 11) is -4.11. The zero-order valence-electron chi connectivity index (χ0n) is 5.52. The summed E-state index contributed by atoms with van der Waals surface area (Å²) >= 11 is 0. The first kappa shape index (κ1) is 14.4. The van der Waals surface area contributed by atoms with Crippen molar-refractivity contribution in [3.05, 3.63) is 0 Å². The van der Waals surface area contributed by atoms with Gasteiger partial charge in [0.2, 0.25) is 0 Å². The Bertz CT molecular complexity index is 177. The summed E-state index contributed by atoms with van der Waals surface area (Å²) in [5, 5.41) is 8.18. The predicted octanol–water partition coefficient (Wildman–Crippen LogP) is -1.42. The van der Waals surface area contributed by atoms with Crippen LogP contribution in [0, 0.1) is 0 Å². The normalized spacial score (nSPS) is 13.7. The van der Waals surface area contributed by atoms with Crippen LogP contribution in [-0.2, 0) is 14.9 Å². The summed E-state index contributed by atoms with van der Waals surface area (Å²) in [4.78, 5) is 0. The van der Waals surface area contributed by atoms with Gasteiger partial charge in [0.25, 0.3) is 10.1 Å². The first-order valence-corrected chi connectivity index (χ1v) is 4.17. The van der Waals surface area contributed by atoms with E-state index in [2.05, 4.69) is 4.74 Å². The van der Waals surface area contributed by atoms with Crippen LogP contribution in [0.2, 0.25) is 0 Å². The van der Waals surface area contributed by atoms with Crippen LogP contribution in [0.5, 0.6) is 0 Å². The molecular weight excluding hydrogens is 183 g/mol. The molecule has 0 fully saturated rings. The van der Waals surface area contributed by atoms with Crippen molar-refractivity contribution < 1.29 is 22.8 Å². The Morgan fingerprint density at radius 1 is 1.55 bits per heavy atom. The van der Waals surface area contributed by atoms with Gasteiger partial charge < -0.3 is 9.84 Å². The zero-order chi connectivity index (χ0) is 8.20. The first-order chi connectivity index (χ1) is 4.48. The Labute approximate surface area is 87.8 Å². The van der Waals surface area contributed by atoms with E-state index in [-0.39, 0.29) is 42.8 Å². The zero-order valence-corrected chi connectivity index (χ0v) is 6.34. The molecular formula is C4H11NaO5S. The van der Waals surface area contributed by atoms with Crippen molar-refractivity contribution in [2.75, 3.05) is 13.2 Å². The summed E-state index contributed by atoms with van der Waals surface area (Å²) in [5.74, 6) is 0. The number of rotatable bonds is 4. The van der Waals surface area contributed by atoms with Crippen LogP contribution in [0.25, 0.3) is 0 Å². The van der Waals surface area contributed by atoms with Crippen LogP contribution in [0.3, 0.4) is 0 Å². The van der Waals surface area contributed by atoms with Crippen molar-refractivity contribution in [1.82, 2.24) is 0 Å². The van der Waals surface area contributed by atoms with Gasteiger partial charge in [-0.3, -0.25) is 4.55 Å². The molecule has 0 spiro atoms. The quantitative estimate of drug-likeness (QED) is 0.424. The van der Waals surface area contributed by atoms with Crippen LogP contribution >= 0.6 is 0 Å². The van der Waals surface area contributed by atoms with Gasteiger partial charge in [-0.05, 0) is 6.92 Å². The average Bonchev–Trinajstić information content (AvgIpc) is 1.80. The average molecular weight is 194 g/mol. The van der Waals surface area contributed by atoms with Crippen LogP contribution in [-0.4, -0.2) is 66.3 Å². The molecule has 0 amide bonds. The van der Waals surface area contributed by atoms with Crippen LogP contribution in [0.4, 0.5) is 0 Å². The number of aliphatic hydroxyl groups is 1. The van der Waals surface area contributed by atoms with Gasteiger partial charge in [-0.1, -0.05) is 0 Å². The number of aliphatic hydroxyl groups excluding tert-OH is 1. The van der Waals surface area contributed by atoms with Gasteiger partial charge in [-0.25, -0.2) is 0 Å². The van der Waals surface area contributed by atoms with Crippen LogP contribution in [0.15, 0.2) is 0 Å². The van der Waals surface area contributed by atoms with Crippen molar-refractivity contribution in [3.63, 3.8) is 0 Å². The van der Waals surface area contributed by atoms with Crippen LogP contribution in [0.1, 0.15) is 6.92 Å². The standard InChI is InChI=1S/C4H10O5S.Na.H/c1-4(9-3-2-5)10(6,7)8;;/h4-5H,2-3H2,1H3,(H,6,7,8);;. The van der Waals surface area contributed by atoms with Gasteiger partial charge in [0.05, 0.1) is 13.2 Å². The third-order valence-corrected chi connectivity index (χ3v) is 1.84. The Hall–Kier alpha value is 0.830. The molecule has 64 valence electrons. The molecule has 0 aromatic heterocycles. The summed E-state index contributed by atoms with van der Waals surface area (Å²) in [6.07, 6.45) is 0. The molecule has 0 aromatic carbocycles. The van der Waals surface area contributed by atoms with Gasteiger partial charge in [-0.15, -0.1) is 0 Å². The van der Waals surface area contributed by atoms with E-state index in [0.717, 1.165) is 0 Å². The summed E-state index contributed by atoms with van der Waals surface area (Å²) < 4.78 is 33.1. The molecule has 0 rings (SSSR count). The Morgan fingerprint density at radius 3 is 2.27 bits per heavy atom. The number of hydrogen-bond acceptors (Lipinski definition) is 4. The fourth-order valence-corrected chi connectivity index (χ4v) is 0.573. The molecule has 11 heavy (non-hydrogen) atoms. The maximum atomic E-state index is 10.2. The number of ether oxygens (including phenoxy) is 1. The molecule has 0 aliphatic carbocycles. The molecule has 5 nitrogen and oxygen atoms in total. The van der Waals surface area contributed by atoms with Crippen LogP contribution < -0.4 is 0 Å². The minimum atomic E-state index is -4.11. The molecule has 0 saturated carbocycles. The van der Waals surface area contributed by atoms with Gasteiger partial charge in [0.1, 0.15) is 0 Å². The van der Waals surface area contributed by atoms with Crippen molar-refractivity contribution in [1.29, 1.82) is 0 Å². The van der Waals surface area contributed by atoms with E-state index in [0.29, 0.717) is 0 Å². The predicted molar refractivity (Wildman–Crippen MR) is 41.2 cm³/mol. The molecule has 0 heterocycles. The Morgan fingerprint density at radius 2 is 2.00 bits per heavy atom. The molecule has 0 radical (unpaired) electrons. The second kappa shape index (κ2) is 6.36. The van der Waals surface area contributed by atoms with Gasteiger partial charge in [0, 0.05) is 0 Å². The Balaban J connectivity index is 0. The molecule has 0 saturated heterocycles. The monoisotopic (exact) mass is 194 g/mol. The van der Waals surface area contributed by atoms with Crippen molar-refractivity contribution in [2.45, 2.75) is 12.4 Å².